The van der Waals surface area contributed by atoms with E-state index in [0.29, 0.717) is 18.6 Å². The molecule has 1 amide bonds. The fraction of sp³-hybridized carbons (Fsp3) is 0.929. The van der Waals surface area contributed by atoms with Crippen molar-refractivity contribution in [3.63, 3.8) is 0 Å². The lowest BCUT2D eigenvalue weighted by molar-refractivity contribution is -0.132. The second-order valence-corrected chi connectivity index (χ2v) is 5.05. The number of ether oxygens (including phenoxy) is 1. The number of nitrogens with one attached hydrogen (secondary N) is 1. The first kappa shape index (κ1) is 14.5. The summed E-state index contributed by atoms with van der Waals surface area (Å²) in [5.74, 6) is 0.743. The number of unbranched alkanes of at least 4 members (excludes halogenated alkanes) is 1. The van der Waals surface area contributed by atoms with E-state index in [4.69, 9.17) is 4.74 Å². The molecular formula is C14H27NO2. The summed E-state index contributed by atoms with van der Waals surface area (Å²) >= 11 is 0. The van der Waals surface area contributed by atoms with Crippen LogP contribution >= 0.6 is 0 Å². The fourth-order valence-corrected chi connectivity index (χ4v) is 2.66. The van der Waals surface area contributed by atoms with Gasteiger partial charge < -0.3 is 10.1 Å². The minimum Gasteiger partial charge on any atom is -0.369 e. The topological polar surface area (TPSA) is 38.3 Å². The zero-order valence-electron chi connectivity index (χ0n) is 11.5. The zero-order valence-corrected chi connectivity index (χ0v) is 11.5. The van der Waals surface area contributed by atoms with Crippen molar-refractivity contribution in [1.29, 1.82) is 0 Å². The number of carbonyl (C=O) groups is 1. The Morgan fingerprint density at radius 1 is 1.41 bits per heavy atom. The van der Waals surface area contributed by atoms with Crippen molar-refractivity contribution in [2.24, 2.45) is 5.92 Å². The predicted molar refractivity (Wildman–Crippen MR) is 69.9 cm³/mol. The maximum Gasteiger partial charge on any atom is 0.249 e. The number of carbonyl (C=O) groups excluding carboxylic acids is 1. The average Bonchev–Trinajstić information content (AvgIpc) is 2.74. The lowest BCUT2D eigenvalue weighted by Crippen LogP contribution is -2.43. The van der Waals surface area contributed by atoms with Crippen LogP contribution in [0.3, 0.4) is 0 Å². The molecule has 1 aliphatic rings. The lowest BCUT2D eigenvalue weighted by Gasteiger charge is -2.22. The van der Waals surface area contributed by atoms with Crippen LogP contribution in [0.4, 0.5) is 0 Å². The number of hydrogen-bond donors (Lipinski definition) is 1. The maximum absolute atomic E-state index is 11.9. The maximum atomic E-state index is 11.9. The molecule has 1 saturated carbocycles. The van der Waals surface area contributed by atoms with Gasteiger partial charge in [0.25, 0.3) is 0 Å². The molecule has 0 aromatic rings. The molecule has 3 atom stereocenters. The van der Waals surface area contributed by atoms with Gasteiger partial charge in [-0.3, -0.25) is 4.79 Å². The van der Waals surface area contributed by atoms with Crippen LogP contribution in [0.15, 0.2) is 0 Å². The van der Waals surface area contributed by atoms with Crippen LogP contribution in [0, 0.1) is 5.92 Å². The molecule has 0 bridgehead atoms. The standard InChI is InChI=1S/C14H27NO2/c1-4-6-8-12-9-7-10-13(12)15-14(16)11(3)17-5-2/h11-13H,4-10H2,1-3H3,(H,15,16)/t11-,12+,13+/m0/s1. The minimum absolute atomic E-state index is 0.0558. The van der Waals surface area contributed by atoms with E-state index in [1.807, 2.05) is 13.8 Å². The Balaban J connectivity index is 2.35. The van der Waals surface area contributed by atoms with Crippen LogP contribution in [0.25, 0.3) is 0 Å². The Kier molecular flexibility index (Phi) is 6.56. The van der Waals surface area contributed by atoms with Gasteiger partial charge in [-0.15, -0.1) is 0 Å². The van der Waals surface area contributed by atoms with E-state index in [9.17, 15) is 4.79 Å². The third-order valence-corrected chi connectivity index (χ3v) is 3.70. The van der Waals surface area contributed by atoms with Gasteiger partial charge in [0.2, 0.25) is 5.91 Å². The van der Waals surface area contributed by atoms with Gasteiger partial charge in [0.1, 0.15) is 6.10 Å². The largest absolute Gasteiger partial charge is 0.369 e. The second-order valence-electron chi connectivity index (χ2n) is 5.05. The van der Waals surface area contributed by atoms with E-state index < -0.39 is 0 Å². The molecule has 0 aromatic heterocycles. The molecule has 3 nitrogen and oxygen atoms in total. The Morgan fingerprint density at radius 3 is 2.82 bits per heavy atom. The summed E-state index contributed by atoms with van der Waals surface area (Å²) in [5.41, 5.74) is 0. The van der Waals surface area contributed by atoms with E-state index >= 15 is 0 Å². The van der Waals surface area contributed by atoms with Crippen LogP contribution in [0.1, 0.15) is 59.3 Å². The average molecular weight is 241 g/mol. The molecule has 0 aliphatic heterocycles. The van der Waals surface area contributed by atoms with Gasteiger partial charge in [0.15, 0.2) is 0 Å². The molecule has 3 heteroatoms. The quantitative estimate of drug-likeness (QED) is 0.744. The zero-order chi connectivity index (χ0) is 12.7. The fourth-order valence-electron chi connectivity index (χ4n) is 2.66. The van der Waals surface area contributed by atoms with Crippen LogP contribution < -0.4 is 5.32 Å². The molecular weight excluding hydrogens is 214 g/mol. The molecule has 0 spiro atoms. The molecule has 0 heterocycles. The Hall–Kier alpha value is -0.570. The molecule has 17 heavy (non-hydrogen) atoms. The highest BCUT2D eigenvalue weighted by molar-refractivity contribution is 5.80. The van der Waals surface area contributed by atoms with Gasteiger partial charge >= 0.3 is 0 Å². The molecule has 0 radical (unpaired) electrons. The van der Waals surface area contributed by atoms with Crippen molar-refractivity contribution in [2.45, 2.75) is 71.4 Å². The highest BCUT2D eigenvalue weighted by Gasteiger charge is 2.29. The third kappa shape index (κ3) is 4.66. The Bertz CT molecular complexity index is 230. The van der Waals surface area contributed by atoms with E-state index in [1.54, 1.807) is 0 Å². The summed E-state index contributed by atoms with van der Waals surface area (Å²) in [5, 5.41) is 3.16. The minimum atomic E-state index is -0.313. The van der Waals surface area contributed by atoms with E-state index in [0.717, 1.165) is 6.42 Å². The summed E-state index contributed by atoms with van der Waals surface area (Å²) in [6, 6.07) is 0.386. The van der Waals surface area contributed by atoms with Crippen molar-refractivity contribution < 1.29 is 9.53 Å². The summed E-state index contributed by atoms with van der Waals surface area (Å²) in [4.78, 5) is 11.9. The van der Waals surface area contributed by atoms with Crippen LogP contribution in [-0.2, 0) is 9.53 Å². The van der Waals surface area contributed by atoms with E-state index in [2.05, 4.69) is 12.2 Å². The first-order chi connectivity index (χ1) is 8.19. The first-order valence-electron chi connectivity index (χ1n) is 7.11. The van der Waals surface area contributed by atoms with Crippen molar-refractivity contribution in [3.05, 3.63) is 0 Å². The van der Waals surface area contributed by atoms with Gasteiger partial charge in [0.05, 0.1) is 0 Å². The Morgan fingerprint density at radius 2 is 2.18 bits per heavy atom. The van der Waals surface area contributed by atoms with Crippen molar-refractivity contribution in [3.8, 4) is 0 Å². The highest BCUT2D eigenvalue weighted by Crippen LogP contribution is 2.29. The SMILES string of the molecule is CCCC[C@@H]1CCC[C@H]1NC(=O)[C@H](C)OCC. The summed E-state index contributed by atoms with van der Waals surface area (Å²) in [7, 11) is 0. The molecule has 1 N–H and O–H groups in total. The van der Waals surface area contributed by atoms with E-state index in [1.165, 1.54) is 32.1 Å². The number of hydrogen-bond acceptors (Lipinski definition) is 2. The van der Waals surface area contributed by atoms with Gasteiger partial charge in [-0.2, -0.15) is 0 Å². The summed E-state index contributed by atoms with van der Waals surface area (Å²) in [6.07, 6.45) is 7.12. The van der Waals surface area contributed by atoms with Crippen molar-refractivity contribution >= 4 is 5.91 Å². The molecule has 1 fully saturated rings. The molecule has 0 aromatic carbocycles. The predicted octanol–water partition coefficient (Wildman–Crippen LogP) is 2.89. The smallest absolute Gasteiger partial charge is 0.249 e. The van der Waals surface area contributed by atoms with Gasteiger partial charge in [-0.25, -0.2) is 0 Å². The molecule has 1 aliphatic carbocycles. The second kappa shape index (κ2) is 7.70. The molecule has 100 valence electrons. The molecule has 0 saturated heterocycles. The first-order valence-corrected chi connectivity index (χ1v) is 7.11. The van der Waals surface area contributed by atoms with Gasteiger partial charge in [-0.05, 0) is 39.0 Å². The number of rotatable bonds is 7. The monoisotopic (exact) mass is 241 g/mol. The Labute approximate surface area is 105 Å². The van der Waals surface area contributed by atoms with Crippen molar-refractivity contribution in [1.82, 2.24) is 5.32 Å². The van der Waals surface area contributed by atoms with E-state index in [-0.39, 0.29) is 12.0 Å². The van der Waals surface area contributed by atoms with Gasteiger partial charge in [0, 0.05) is 12.6 Å². The highest BCUT2D eigenvalue weighted by atomic mass is 16.5. The molecule has 0 unspecified atom stereocenters. The normalized spacial score (nSPS) is 25.8. The number of amides is 1. The van der Waals surface area contributed by atoms with Crippen molar-refractivity contribution in [2.75, 3.05) is 6.61 Å². The summed E-state index contributed by atoms with van der Waals surface area (Å²) < 4.78 is 5.32. The van der Waals surface area contributed by atoms with Crippen LogP contribution in [0.2, 0.25) is 0 Å². The van der Waals surface area contributed by atoms with Gasteiger partial charge in [-0.1, -0.05) is 26.2 Å². The van der Waals surface area contributed by atoms with Crippen LogP contribution in [0.5, 0.6) is 0 Å². The lowest BCUT2D eigenvalue weighted by atomic mass is 9.96. The molecule has 1 rings (SSSR count). The third-order valence-electron chi connectivity index (χ3n) is 3.70. The van der Waals surface area contributed by atoms with Crippen LogP contribution in [-0.4, -0.2) is 24.7 Å². The summed E-state index contributed by atoms with van der Waals surface area (Å²) in [6.45, 7) is 6.57.